The summed E-state index contributed by atoms with van der Waals surface area (Å²) in [6.07, 6.45) is 1.60. The van der Waals surface area contributed by atoms with Gasteiger partial charge in [0.05, 0.1) is 11.2 Å². The van der Waals surface area contributed by atoms with E-state index in [4.69, 9.17) is 4.42 Å². The molecule has 1 fully saturated rings. The highest BCUT2D eigenvalue weighted by molar-refractivity contribution is 7.89. The molecule has 0 bridgehead atoms. The van der Waals surface area contributed by atoms with Gasteiger partial charge in [0.25, 0.3) is 5.91 Å². The summed E-state index contributed by atoms with van der Waals surface area (Å²) in [6.45, 7) is 3.23. The molecule has 2 N–H and O–H groups in total. The minimum Gasteiger partial charge on any atom is -0.463 e. The van der Waals surface area contributed by atoms with Crippen LogP contribution in [-0.4, -0.2) is 56.3 Å². The van der Waals surface area contributed by atoms with E-state index < -0.39 is 15.8 Å². The maximum Gasteiger partial charge on any atom is 0.277 e. The molecule has 1 aromatic heterocycles. The second-order valence-corrected chi connectivity index (χ2v) is 8.42. The summed E-state index contributed by atoms with van der Waals surface area (Å²) < 4.78 is 45.2. The Kier molecular flexibility index (Phi) is 5.93. The first-order chi connectivity index (χ1) is 12.9. The van der Waals surface area contributed by atoms with Crippen LogP contribution >= 0.6 is 0 Å². The smallest absolute Gasteiger partial charge is 0.277 e. The van der Waals surface area contributed by atoms with Gasteiger partial charge in [-0.15, -0.1) is 0 Å². The van der Waals surface area contributed by atoms with Gasteiger partial charge >= 0.3 is 0 Å². The number of rotatable bonds is 6. The number of benzene rings is 1. The number of quaternary nitrogens is 1. The van der Waals surface area contributed by atoms with Crippen LogP contribution in [0.4, 0.5) is 4.39 Å². The average molecular weight is 396 g/mol. The molecule has 1 amide bonds. The van der Waals surface area contributed by atoms with Gasteiger partial charge in [-0.2, -0.15) is 4.31 Å². The Bertz CT molecular complexity index is 878. The molecule has 0 unspecified atom stereocenters. The normalized spacial score (nSPS) is 17.0. The summed E-state index contributed by atoms with van der Waals surface area (Å²) in [5.74, 6) is 0.163. The van der Waals surface area contributed by atoms with Gasteiger partial charge in [-0.1, -0.05) is 6.07 Å². The van der Waals surface area contributed by atoms with E-state index in [0.29, 0.717) is 13.1 Å². The van der Waals surface area contributed by atoms with Crippen LogP contribution in [0.25, 0.3) is 0 Å². The van der Waals surface area contributed by atoms with Crippen molar-refractivity contribution in [2.75, 3.05) is 32.7 Å². The van der Waals surface area contributed by atoms with Gasteiger partial charge in [0.15, 0.2) is 12.3 Å². The summed E-state index contributed by atoms with van der Waals surface area (Å²) in [4.78, 5) is 14.0. The van der Waals surface area contributed by atoms with Gasteiger partial charge in [0, 0.05) is 26.2 Å². The summed E-state index contributed by atoms with van der Waals surface area (Å²) in [7, 11) is -3.75. The average Bonchev–Trinajstić information content (AvgIpc) is 3.21. The number of hydrogen-bond donors (Lipinski definition) is 1. The minimum atomic E-state index is -3.75. The predicted molar refractivity (Wildman–Crippen MR) is 95.7 cm³/mol. The Hall–Kier alpha value is -2.23. The Morgan fingerprint density at radius 1 is 1.22 bits per heavy atom. The van der Waals surface area contributed by atoms with Crippen molar-refractivity contribution in [3.63, 3.8) is 0 Å². The first-order valence-electron chi connectivity index (χ1n) is 8.78. The summed E-state index contributed by atoms with van der Waals surface area (Å²) in [5.41, 5.74) is 0. The molecule has 0 aliphatic carbocycles. The molecule has 0 spiro atoms. The van der Waals surface area contributed by atoms with E-state index in [1.807, 2.05) is 18.3 Å². The van der Waals surface area contributed by atoms with Crippen molar-refractivity contribution in [2.24, 2.45) is 0 Å². The van der Waals surface area contributed by atoms with Crippen LogP contribution in [0.3, 0.4) is 0 Å². The van der Waals surface area contributed by atoms with E-state index >= 15 is 0 Å². The fourth-order valence-corrected chi connectivity index (χ4v) is 4.48. The number of nitrogens with two attached hydrogens (primary N) is 1. The largest absolute Gasteiger partial charge is 0.463 e. The molecule has 27 heavy (non-hydrogen) atoms. The van der Waals surface area contributed by atoms with Gasteiger partial charge in [-0.3, -0.25) is 4.79 Å². The Balaban J connectivity index is 1.53. The Morgan fingerprint density at radius 3 is 2.59 bits per heavy atom. The number of carbonyl (C=O) groups is 1. The van der Waals surface area contributed by atoms with Crippen molar-refractivity contribution >= 4 is 15.9 Å². The van der Waals surface area contributed by atoms with Crippen molar-refractivity contribution in [1.82, 2.24) is 9.21 Å². The zero-order valence-electron chi connectivity index (χ0n) is 15.0. The Labute approximate surface area is 157 Å². The lowest BCUT2D eigenvalue weighted by molar-refractivity contribution is -0.685. The molecule has 1 atom stereocenters. The number of halogens is 1. The number of amides is 1. The molecule has 7 nitrogen and oxygen atoms in total. The third-order valence-electron chi connectivity index (χ3n) is 4.66. The van der Waals surface area contributed by atoms with Gasteiger partial charge < -0.3 is 14.6 Å². The quantitative estimate of drug-likeness (QED) is 0.774. The minimum absolute atomic E-state index is 0.0265. The van der Waals surface area contributed by atoms with Crippen molar-refractivity contribution in [1.29, 1.82) is 0 Å². The highest BCUT2D eigenvalue weighted by atomic mass is 32.2. The number of sulfonamides is 1. The van der Waals surface area contributed by atoms with Crippen molar-refractivity contribution in [3.8, 4) is 0 Å². The third-order valence-corrected chi connectivity index (χ3v) is 6.56. The van der Waals surface area contributed by atoms with Crippen LogP contribution in [0, 0.1) is 5.82 Å². The maximum absolute atomic E-state index is 13.3. The number of carbonyl (C=O) groups excluding carboxylic acids is 1. The lowest BCUT2D eigenvalue weighted by atomic mass is 10.2. The predicted octanol–water partition coefficient (Wildman–Crippen LogP) is 0.576. The molecule has 2 aromatic rings. The summed E-state index contributed by atoms with van der Waals surface area (Å²) >= 11 is 0. The lowest BCUT2D eigenvalue weighted by Gasteiger charge is -2.33. The molecule has 0 saturated carbocycles. The molecule has 1 saturated heterocycles. The van der Waals surface area contributed by atoms with Crippen LogP contribution in [0.5, 0.6) is 0 Å². The van der Waals surface area contributed by atoms with Crippen LogP contribution in [0.2, 0.25) is 0 Å². The maximum atomic E-state index is 13.3. The number of piperazine rings is 1. The third kappa shape index (κ3) is 4.55. The van der Waals surface area contributed by atoms with Crippen LogP contribution in [-0.2, 0) is 14.8 Å². The molecule has 0 radical (unpaired) electrons. The molecular formula is C18H23FN3O4S+. The van der Waals surface area contributed by atoms with E-state index in [0.717, 1.165) is 11.8 Å². The fraction of sp³-hybridized carbons (Fsp3) is 0.389. The summed E-state index contributed by atoms with van der Waals surface area (Å²) in [6, 6.07) is 8.66. The first kappa shape index (κ1) is 19.5. The molecule has 1 aromatic carbocycles. The van der Waals surface area contributed by atoms with Crippen molar-refractivity contribution in [3.05, 3.63) is 54.2 Å². The van der Waals surface area contributed by atoms with Crippen LogP contribution in [0.15, 0.2) is 52.0 Å². The highest BCUT2D eigenvalue weighted by Crippen LogP contribution is 2.18. The monoisotopic (exact) mass is 396 g/mol. The second kappa shape index (κ2) is 8.20. The zero-order valence-corrected chi connectivity index (χ0v) is 15.9. The van der Waals surface area contributed by atoms with Gasteiger partial charge in [-0.25, -0.2) is 12.8 Å². The van der Waals surface area contributed by atoms with Gasteiger partial charge in [-0.05, 0) is 37.3 Å². The highest BCUT2D eigenvalue weighted by Gasteiger charge is 2.30. The first-order valence-corrected chi connectivity index (χ1v) is 10.2. The number of furan rings is 1. The zero-order chi connectivity index (χ0) is 19.4. The van der Waals surface area contributed by atoms with Crippen molar-refractivity contribution < 1.29 is 27.3 Å². The molecular weight excluding hydrogens is 373 g/mol. The van der Waals surface area contributed by atoms with E-state index in [-0.39, 0.29) is 36.5 Å². The van der Waals surface area contributed by atoms with E-state index in [2.05, 4.69) is 0 Å². The van der Waals surface area contributed by atoms with Crippen molar-refractivity contribution in [2.45, 2.75) is 17.9 Å². The van der Waals surface area contributed by atoms with E-state index in [1.54, 1.807) is 17.2 Å². The van der Waals surface area contributed by atoms with Crippen LogP contribution in [0.1, 0.15) is 18.7 Å². The van der Waals surface area contributed by atoms with E-state index in [9.17, 15) is 17.6 Å². The van der Waals surface area contributed by atoms with Crippen LogP contribution < -0.4 is 5.32 Å². The topological polar surface area (TPSA) is 87.4 Å². The second-order valence-electron chi connectivity index (χ2n) is 6.49. The molecule has 1 aliphatic heterocycles. The molecule has 3 rings (SSSR count). The SMILES string of the molecule is C[C@@H]([NH2+]CC(=O)N1CCN(S(=O)(=O)c2cccc(F)c2)CC1)c1ccco1. The standard InChI is InChI=1S/C18H22FN3O4S/c1-14(17-6-3-11-26-17)20-13-18(23)21-7-9-22(10-8-21)27(24,25)16-5-2-4-15(19)12-16/h2-6,11-12,14,20H,7-10,13H2,1H3/p+1/t14-/m1/s1. The molecule has 2 heterocycles. The molecule has 9 heteroatoms. The fourth-order valence-electron chi connectivity index (χ4n) is 3.03. The lowest BCUT2D eigenvalue weighted by Crippen LogP contribution is -2.87. The molecule has 146 valence electrons. The van der Waals surface area contributed by atoms with Gasteiger partial charge in [0.1, 0.15) is 11.9 Å². The van der Waals surface area contributed by atoms with E-state index in [1.165, 1.54) is 22.5 Å². The van der Waals surface area contributed by atoms with Gasteiger partial charge in [0.2, 0.25) is 10.0 Å². The number of nitrogens with zero attached hydrogens (tertiary/aromatic N) is 2. The number of hydrogen-bond acceptors (Lipinski definition) is 4. The Morgan fingerprint density at radius 2 is 1.96 bits per heavy atom. The summed E-state index contributed by atoms with van der Waals surface area (Å²) in [5, 5.41) is 1.89. The molecule has 1 aliphatic rings.